The molecular weight excluding hydrogens is 376 g/mol. The van der Waals surface area contributed by atoms with Crippen molar-refractivity contribution in [2.75, 3.05) is 5.32 Å². The molecule has 3 aromatic rings. The predicted molar refractivity (Wildman–Crippen MR) is 95.4 cm³/mol. The maximum absolute atomic E-state index is 6.00. The smallest absolute Gasteiger partial charge is 0.226 e. The Morgan fingerprint density at radius 2 is 1.96 bits per heavy atom. The average molecular weight is 388 g/mol. The molecule has 0 amide bonds. The zero-order valence-electron chi connectivity index (χ0n) is 11.9. The highest BCUT2D eigenvalue weighted by Gasteiger charge is 2.23. The Bertz CT molecular complexity index is 886. The van der Waals surface area contributed by atoms with Crippen molar-refractivity contribution in [3.63, 3.8) is 0 Å². The molecule has 0 fully saturated rings. The van der Waals surface area contributed by atoms with Gasteiger partial charge in [-0.25, -0.2) is 4.68 Å². The molecule has 0 unspecified atom stereocenters. The number of nitrogens with one attached hydrogen (secondary N) is 1. The van der Waals surface area contributed by atoms with Gasteiger partial charge in [-0.05, 0) is 41.5 Å². The minimum atomic E-state index is -0.0278. The first-order valence-electron chi connectivity index (χ1n) is 7.10. The van der Waals surface area contributed by atoms with Crippen LogP contribution in [0.1, 0.15) is 17.2 Å². The van der Waals surface area contributed by atoms with Gasteiger partial charge in [-0.2, -0.15) is 10.1 Å². The van der Waals surface area contributed by atoms with Crippen LogP contribution in [0.15, 0.2) is 65.4 Å². The molecule has 114 valence electrons. The second kappa shape index (κ2) is 5.83. The van der Waals surface area contributed by atoms with Crippen molar-refractivity contribution < 1.29 is 0 Å². The maximum atomic E-state index is 6.00. The number of hydrogen-bond acceptors (Lipinski definition) is 3. The number of aromatic nitrogens is 3. The fourth-order valence-electron chi connectivity index (χ4n) is 2.66. The Kier molecular flexibility index (Phi) is 3.67. The minimum absolute atomic E-state index is 0.0278. The molecule has 2 aromatic carbocycles. The number of fused-ring (bicyclic) bond motifs is 1. The lowest BCUT2D eigenvalue weighted by Gasteiger charge is -2.24. The monoisotopic (exact) mass is 386 g/mol. The zero-order valence-corrected chi connectivity index (χ0v) is 14.3. The summed E-state index contributed by atoms with van der Waals surface area (Å²) in [4.78, 5) is 4.31. The second-order valence-electron chi connectivity index (χ2n) is 5.24. The fourth-order valence-corrected chi connectivity index (χ4v) is 3.18. The fraction of sp³-hybridized carbons (Fsp3) is 0.0588. The molecular formula is C17H12BrClN4. The lowest BCUT2D eigenvalue weighted by Crippen LogP contribution is -2.20. The highest BCUT2D eigenvalue weighted by molar-refractivity contribution is 9.10. The van der Waals surface area contributed by atoms with E-state index in [0.717, 1.165) is 32.3 Å². The van der Waals surface area contributed by atoms with E-state index >= 15 is 0 Å². The molecule has 0 saturated heterocycles. The van der Waals surface area contributed by atoms with Crippen LogP contribution in [0, 0.1) is 0 Å². The summed E-state index contributed by atoms with van der Waals surface area (Å²) >= 11 is 9.52. The third-order valence-electron chi connectivity index (χ3n) is 3.75. The van der Waals surface area contributed by atoms with Crippen molar-refractivity contribution >= 4 is 39.2 Å². The van der Waals surface area contributed by atoms with E-state index in [9.17, 15) is 0 Å². The Balaban J connectivity index is 1.81. The third kappa shape index (κ3) is 2.78. The third-order valence-corrected chi connectivity index (χ3v) is 4.50. The van der Waals surface area contributed by atoms with Crippen LogP contribution in [-0.2, 0) is 0 Å². The summed E-state index contributed by atoms with van der Waals surface area (Å²) in [6, 6.07) is 15.9. The number of halogens is 2. The van der Waals surface area contributed by atoms with Gasteiger partial charge in [0.15, 0.2) is 0 Å². The molecule has 0 saturated carbocycles. The van der Waals surface area contributed by atoms with Crippen molar-refractivity contribution in [3.05, 3.63) is 81.6 Å². The molecule has 4 nitrogen and oxygen atoms in total. The van der Waals surface area contributed by atoms with E-state index in [1.165, 1.54) is 0 Å². The first-order chi connectivity index (χ1) is 11.2. The summed E-state index contributed by atoms with van der Waals surface area (Å²) in [5, 5.41) is 8.39. The number of anilines is 1. The summed E-state index contributed by atoms with van der Waals surface area (Å²) in [6.07, 6.45) is 3.70. The Hall–Kier alpha value is -2.11. The van der Waals surface area contributed by atoms with Crippen molar-refractivity contribution in [3.8, 4) is 0 Å². The maximum Gasteiger partial charge on any atom is 0.226 e. The van der Waals surface area contributed by atoms with Crippen molar-refractivity contribution in [1.29, 1.82) is 0 Å². The largest absolute Gasteiger partial charge is 0.324 e. The number of allylic oxidation sites excluding steroid dienone is 1. The van der Waals surface area contributed by atoms with Crippen LogP contribution in [0.25, 0.3) is 5.70 Å². The van der Waals surface area contributed by atoms with Gasteiger partial charge in [-0.1, -0.05) is 51.8 Å². The van der Waals surface area contributed by atoms with Gasteiger partial charge < -0.3 is 5.32 Å². The van der Waals surface area contributed by atoms with Gasteiger partial charge in [0.05, 0.1) is 0 Å². The van der Waals surface area contributed by atoms with Crippen LogP contribution < -0.4 is 5.32 Å². The van der Waals surface area contributed by atoms with Crippen LogP contribution >= 0.6 is 27.5 Å². The van der Waals surface area contributed by atoms with E-state index in [-0.39, 0.29) is 6.04 Å². The molecule has 1 aromatic heterocycles. The number of nitrogens with zero attached hydrogens (tertiary/aromatic N) is 3. The van der Waals surface area contributed by atoms with Crippen molar-refractivity contribution in [2.45, 2.75) is 6.04 Å². The predicted octanol–water partition coefficient (Wildman–Crippen LogP) is 4.75. The highest BCUT2D eigenvalue weighted by Crippen LogP contribution is 2.32. The molecule has 4 rings (SSSR count). The van der Waals surface area contributed by atoms with Crippen LogP contribution in [0.3, 0.4) is 0 Å². The van der Waals surface area contributed by atoms with Crippen LogP contribution in [0.4, 0.5) is 5.95 Å². The highest BCUT2D eigenvalue weighted by atomic mass is 79.9. The Labute approximate surface area is 146 Å². The number of benzene rings is 2. The van der Waals surface area contributed by atoms with E-state index in [4.69, 9.17) is 11.6 Å². The van der Waals surface area contributed by atoms with Gasteiger partial charge >= 0.3 is 0 Å². The quantitative estimate of drug-likeness (QED) is 0.690. The summed E-state index contributed by atoms with van der Waals surface area (Å²) in [5.41, 5.74) is 3.20. The molecule has 0 bridgehead atoms. The molecule has 2 heterocycles. The van der Waals surface area contributed by atoms with Gasteiger partial charge in [0.25, 0.3) is 0 Å². The molecule has 6 heteroatoms. The molecule has 1 atom stereocenters. The van der Waals surface area contributed by atoms with E-state index in [0.29, 0.717) is 0 Å². The average Bonchev–Trinajstić information content (AvgIpc) is 3.03. The molecule has 1 aliphatic rings. The molecule has 1 aliphatic heterocycles. The number of hydrogen-bond donors (Lipinski definition) is 1. The van der Waals surface area contributed by atoms with Gasteiger partial charge in [0.1, 0.15) is 12.4 Å². The molecule has 0 radical (unpaired) electrons. The topological polar surface area (TPSA) is 42.7 Å². The Morgan fingerprint density at radius 3 is 2.74 bits per heavy atom. The summed E-state index contributed by atoms with van der Waals surface area (Å²) < 4.78 is 2.90. The molecule has 0 spiro atoms. The van der Waals surface area contributed by atoms with Gasteiger partial charge in [-0.3, -0.25) is 0 Å². The lowest BCUT2D eigenvalue weighted by atomic mass is 10.0. The summed E-state index contributed by atoms with van der Waals surface area (Å²) in [5.74, 6) is 0.724. The summed E-state index contributed by atoms with van der Waals surface area (Å²) in [6.45, 7) is 0. The van der Waals surface area contributed by atoms with Crippen LogP contribution in [-0.4, -0.2) is 14.8 Å². The van der Waals surface area contributed by atoms with Gasteiger partial charge in [0, 0.05) is 15.2 Å². The SMILES string of the molecule is Clc1ccc([C@@H]2C=C(c3cccc(Br)c3)Nc3ncnn32)cc1. The Morgan fingerprint density at radius 1 is 1.13 bits per heavy atom. The van der Waals surface area contributed by atoms with E-state index in [1.807, 2.05) is 41.1 Å². The zero-order chi connectivity index (χ0) is 15.8. The van der Waals surface area contributed by atoms with Crippen molar-refractivity contribution in [1.82, 2.24) is 14.8 Å². The van der Waals surface area contributed by atoms with E-state index in [2.05, 4.69) is 49.5 Å². The summed E-state index contributed by atoms with van der Waals surface area (Å²) in [7, 11) is 0. The van der Waals surface area contributed by atoms with Crippen molar-refractivity contribution in [2.24, 2.45) is 0 Å². The van der Waals surface area contributed by atoms with E-state index < -0.39 is 0 Å². The second-order valence-corrected chi connectivity index (χ2v) is 6.59. The number of rotatable bonds is 2. The lowest BCUT2D eigenvalue weighted by molar-refractivity contribution is 0.612. The first kappa shape index (κ1) is 14.5. The van der Waals surface area contributed by atoms with Gasteiger partial charge in [0.2, 0.25) is 5.95 Å². The standard InChI is InChI=1S/C17H12BrClN4/c18-13-3-1-2-12(8-13)15-9-16(11-4-6-14(19)7-5-11)23-17(22-15)20-10-21-23/h1-10,16H,(H,20,21,22)/t16-/m0/s1. The van der Waals surface area contributed by atoms with E-state index in [1.54, 1.807) is 6.33 Å². The first-order valence-corrected chi connectivity index (χ1v) is 8.27. The van der Waals surface area contributed by atoms with Gasteiger partial charge in [-0.15, -0.1) is 0 Å². The van der Waals surface area contributed by atoms with Crippen LogP contribution in [0.2, 0.25) is 5.02 Å². The molecule has 1 N–H and O–H groups in total. The van der Waals surface area contributed by atoms with Crippen LogP contribution in [0.5, 0.6) is 0 Å². The molecule has 23 heavy (non-hydrogen) atoms. The normalized spacial score (nSPS) is 16.4. The minimum Gasteiger partial charge on any atom is -0.324 e. The molecule has 0 aliphatic carbocycles.